The maximum absolute atomic E-state index is 13.3. The highest BCUT2D eigenvalue weighted by molar-refractivity contribution is 7.51. The molecule has 3 heterocycles. The third kappa shape index (κ3) is 4.89. The molecule has 7 rings (SSSR count). The van der Waals surface area contributed by atoms with Gasteiger partial charge >= 0.3 is 13.6 Å². The minimum atomic E-state index is -3.97. The molecule has 3 aliphatic heterocycles. The summed E-state index contributed by atoms with van der Waals surface area (Å²) in [6, 6.07) is 17.2. The molecule has 4 aromatic carbocycles. The van der Waals surface area contributed by atoms with Crippen LogP contribution in [0.1, 0.15) is 10.4 Å². The molecule has 0 spiro atoms. The molecule has 0 aliphatic carbocycles. The Morgan fingerprint density at radius 1 is 1.13 bits per heavy atom. The number of amides is 4. The van der Waals surface area contributed by atoms with E-state index >= 15 is 0 Å². The molecule has 2 fully saturated rings. The SMILES string of the molecule is COC[C@]12CO[C@@H](C1OP(C)(=O)O)[C@H]([N+]1(C)C=C(C#CCNC(=O)c3ccc4ccc5cccc6ccc3c4c56)C(=O)NC1=O)O2. The number of methoxy groups -OCH3 is 1. The standard InChI is InChI=1S/C33H30N3O9P/c1-36(31-27-28(45-46(3,40)41)33(44-31,17-42-2)18-43-27)16-22(29(37)35-32(36)39)8-5-15-34-30(38)24-14-12-21-10-9-19-6-4-7-20-11-13-23(24)26(21)25(19)20/h4,6-7,9-14,16,27-28,31H,15,17-18H2,1-3H3,(H2-,34,35,37,38,39,40,41)/p+1/t27-,28?,31+,33-,36?/m0/s1. The summed E-state index contributed by atoms with van der Waals surface area (Å²) in [5, 5.41) is 11.3. The predicted molar refractivity (Wildman–Crippen MR) is 168 cm³/mol. The molecule has 6 atom stereocenters. The van der Waals surface area contributed by atoms with Crippen molar-refractivity contribution in [3.63, 3.8) is 0 Å². The molecule has 3 unspecified atom stereocenters. The molecule has 4 amide bonds. The number of fused-ring (bicyclic) bond motifs is 2. The summed E-state index contributed by atoms with van der Waals surface area (Å²) in [5.74, 6) is 4.55. The first-order valence-electron chi connectivity index (χ1n) is 14.6. The molecule has 0 radical (unpaired) electrons. The summed E-state index contributed by atoms with van der Waals surface area (Å²) < 4.78 is 34.5. The number of quaternary nitrogens is 1. The van der Waals surface area contributed by atoms with Gasteiger partial charge in [0.1, 0.15) is 17.9 Å². The number of nitrogens with zero attached hydrogens (tertiary/aromatic N) is 1. The second-order valence-electron chi connectivity index (χ2n) is 12.0. The summed E-state index contributed by atoms with van der Waals surface area (Å²) in [5.41, 5.74) is -0.755. The molecular formula is C33H31N3O9P+. The quantitative estimate of drug-likeness (QED) is 0.119. The van der Waals surface area contributed by atoms with Crippen LogP contribution in [0.5, 0.6) is 0 Å². The van der Waals surface area contributed by atoms with Crippen LogP contribution in [0, 0.1) is 11.8 Å². The number of carbonyl (C=O) groups excluding carboxylic acids is 3. The van der Waals surface area contributed by atoms with E-state index in [1.54, 1.807) is 6.07 Å². The van der Waals surface area contributed by atoms with Crippen molar-refractivity contribution < 1.29 is 47.1 Å². The Labute approximate surface area is 263 Å². The van der Waals surface area contributed by atoms with Crippen molar-refractivity contribution in [2.24, 2.45) is 0 Å². The Hall–Kier alpha value is -4.18. The highest BCUT2D eigenvalue weighted by atomic mass is 31.2. The molecule has 236 valence electrons. The lowest BCUT2D eigenvalue weighted by atomic mass is 9.92. The summed E-state index contributed by atoms with van der Waals surface area (Å²) in [7, 11) is -1.02. The lowest BCUT2D eigenvalue weighted by Gasteiger charge is -2.39. The van der Waals surface area contributed by atoms with E-state index in [0.717, 1.165) is 39.0 Å². The van der Waals surface area contributed by atoms with Gasteiger partial charge in [-0.1, -0.05) is 60.4 Å². The minimum Gasteiger partial charge on any atom is -0.381 e. The van der Waals surface area contributed by atoms with Gasteiger partial charge in [-0.2, -0.15) is 4.48 Å². The van der Waals surface area contributed by atoms with E-state index in [0.29, 0.717) is 5.56 Å². The van der Waals surface area contributed by atoms with Gasteiger partial charge in [-0.05, 0) is 38.4 Å². The Kier molecular flexibility index (Phi) is 7.27. The Balaban J connectivity index is 1.12. The molecule has 13 heteroatoms. The smallest absolute Gasteiger partial charge is 0.381 e. The van der Waals surface area contributed by atoms with Gasteiger partial charge in [0, 0.05) is 19.3 Å². The molecule has 2 saturated heterocycles. The fourth-order valence-electron chi connectivity index (χ4n) is 6.77. The number of rotatable bonds is 7. The maximum atomic E-state index is 13.3. The van der Waals surface area contributed by atoms with Crippen LogP contribution >= 0.6 is 7.60 Å². The van der Waals surface area contributed by atoms with Crippen molar-refractivity contribution in [1.82, 2.24) is 10.6 Å². The van der Waals surface area contributed by atoms with Gasteiger partial charge in [-0.15, -0.1) is 0 Å². The minimum absolute atomic E-state index is 0.0204. The van der Waals surface area contributed by atoms with E-state index in [2.05, 4.69) is 40.7 Å². The third-order valence-corrected chi connectivity index (χ3v) is 9.45. The van der Waals surface area contributed by atoms with Crippen LogP contribution in [0.3, 0.4) is 0 Å². The second kappa shape index (κ2) is 11.0. The lowest BCUT2D eigenvalue weighted by molar-refractivity contribution is -0.840. The second-order valence-corrected chi connectivity index (χ2v) is 13.8. The van der Waals surface area contributed by atoms with Crippen LogP contribution in [0.4, 0.5) is 4.79 Å². The average Bonchev–Trinajstić information content (AvgIpc) is 3.50. The topological polar surface area (TPSA) is 149 Å². The fraction of sp³-hybridized carbons (Fsp3) is 0.303. The third-order valence-electron chi connectivity index (χ3n) is 8.83. The zero-order chi connectivity index (χ0) is 32.4. The normalized spacial score (nSPS) is 28.6. The van der Waals surface area contributed by atoms with Crippen LogP contribution in [-0.4, -0.2) is 91.8 Å². The Morgan fingerprint density at radius 2 is 1.83 bits per heavy atom. The van der Waals surface area contributed by atoms with Crippen molar-refractivity contribution in [2.75, 3.05) is 40.6 Å². The van der Waals surface area contributed by atoms with E-state index in [1.807, 2.05) is 30.3 Å². The molecule has 4 aromatic rings. The van der Waals surface area contributed by atoms with Gasteiger partial charge in [-0.25, -0.2) is 10.1 Å². The number of benzene rings is 4. The molecule has 46 heavy (non-hydrogen) atoms. The fourth-order valence-corrected chi connectivity index (χ4v) is 7.50. The van der Waals surface area contributed by atoms with Crippen molar-refractivity contribution in [3.8, 4) is 11.8 Å². The van der Waals surface area contributed by atoms with Crippen LogP contribution in [-0.2, 0) is 28.1 Å². The van der Waals surface area contributed by atoms with E-state index < -0.39 is 48.1 Å². The van der Waals surface area contributed by atoms with Crippen molar-refractivity contribution in [3.05, 3.63) is 71.9 Å². The van der Waals surface area contributed by atoms with E-state index in [1.165, 1.54) is 20.4 Å². The summed E-state index contributed by atoms with van der Waals surface area (Å²) >= 11 is 0. The van der Waals surface area contributed by atoms with Crippen LogP contribution in [0.25, 0.3) is 32.3 Å². The summed E-state index contributed by atoms with van der Waals surface area (Å²) in [6.45, 7) is 0.992. The van der Waals surface area contributed by atoms with E-state index in [9.17, 15) is 23.8 Å². The van der Waals surface area contributed by atoms with Gasteiger partial charge < -0.3 is 24.4 Å². The molecule has 0 saturated carbocycles. The van der Waals surface area contributed by atoms with Crippen LogP contribution < -0.4 is 10.6 Å². The maximum Gasteiger partial charge on any atom is 0.430 e. The predicted octanol–water partition coefficient (Wildman–Crippen LogP) is 3.24. The van der Waals surface area contributed by atoms with Gasteiger partial charge in [-0.3, -0.25) is 18.7 Å². The number of hydrogen-bond acceptors (Lipinski definition) is 8. The molecule has 3 N–H and O–H groups in total. The van der Waals surface area contributed by atoms with Gasteiger partial charge in [0.25, 0.3) is 11.8 Å². The number of ether oxygens (including phenoxy) is 3. The Bertz CT molecular complexity index is 2070. The molecular weight excluding hydrogens is 613 g/mol. The summed E-state index contributed by atoms with van der Waals surface area (Å²) in [4.78, 5) is 49.2. The highest BCUT2D eigenvalue weighted by Crippen LogP contribution is 2.51. The van der Waals surface area contributed by atoms with Crippen molar-refractivity contribution in [2.45, 2.75) is 24.0 Å². The van der Waals surface area contributed by atoms with Crippen molar-refractivity contribution in [1.29, 1.82) is 0 Å². The molecule has 2 bridgehead atoms. The van der Waals surface area contributed by atoms with Crippen LogP contribution in [0.2, 0.25) is 0 Å². The van der Waals surface area contributed by atoms with Crippen molar-refractivity contribution >= 4 is 57.8 Å². The van der Waals surface area contributed by atoms with Gasteiger partial charge in [0.15, 0.2) is 11.7 Å². The number of imide groups is 1. The number of urea groups is 1. The largest absolute Gasteiger partial charge is 0.430 e. The van der Waals surface area contributed by atoms with E-state index in [4.69, 9.17) is 18.7 Å². The number of carbonyl (C=O) groups is 3. The van der Waals surface area contributed by atoms with Crippen LogP contribution in [0.15, 0.2) is 66.4 Å². The summed E-state index contributed by atoms with van der Waals surface area (Å²) in [6.07, 6.45) is -1.61. The Morgan fingerprint density at radius 3 is 2.54 bits per heavy atom. The average molecular weight is 645 g/mol. The van der Waals surface area contributed by atoms with Gasteiger partial charge in [0.2, 0.25) is 6.23 Å². The first-order valence-corrected chi connectivity index (χ1v) is 16.6. The molecule has 0 aromatic heterocycles. The monoisotopic (exact) mass is 644 g/mol. The lowest BCUT2D eigenvalue weighted by Crippen LogP contribution is -2.65. The molecule has 12 nitrogen and oxygen atoms in total. The number of likely N-dealkylation sites (N-methyl/N-ethyl adjacent to an activating group) is 1. The van der Waals surface area contributed by atoms with Gasteiger partial charge in [0.05, 0.1) is 26.8 Å². The number of nitrogens with one attached hydrogen (secondary N) is 2. The first kappa shape index (κ1) is 30.5. The number of hydrogen-bond donors (Lipinski definition) is 3. The zero-order valence-electron chi connectivity index (χ0n) is 25.2. The first-order chi connectivity index (χ1) is 21.9. The molecule has 3 aliphatic rings. The highest BCUT2D eigenvalue weighted by Gasteiger charge is 2.70. The van der Waals surface area contributed by atoms with E-state index in [-0.39, 0.29) is 31.2 Å². The zero-order valence-corrected chi connectivity index (χ0v) is 26.1.